The number of rotatable bonds is 0. The first-order valence-electron chi connectivity index (χ1n) is 2.53. The predicted molar refractivity (Wildman–Crippen MR) is 37.1 cm³/mol. The van der Waals surface area contributed by atoms with Gasteiger partial charge in [-0.1, -0.05) is 11.6 Å². The Morgan fingerprint density at radius 2 is 2.33 bits per heavy atom. The first kappa shape index (κ1) is 6.29. The molecule has 3 nitrogen and oxygen atoms in total. The molecule has 1 aliphatic heterocycles. The second-order valence-electron chi connectivity index (χ2n) is 1.78. The van der Waals surface area contributed by atoms with Gasteiger partial charge in [0.25, 0.3) is 0 Å². The number of hydrogen-bond donors (Lipinski definition) is 2. The third-order valence-electron chi connectivity index (χ3n) is 1.06. The molecule has 0 aromatic heterocycles. The van der Waals surface area contributed by atoms with Crippen LogP contribution in [0.4, 0.5) is 0 Å². The van der Waals surface area contributed by atoms with Crippen LogP contribution in [0.25, 0.3) is 0 Å². The van der Waals surface area contributed by atoms with Crippen molar-refractivity contribution < 1.29 is 0 Å². The van der Waals surface area contributed by atoms with E-state index in [9.17, 15) is 0 Å². The van der Waals surface area contributed by atoms with Gasteiger partial charge >= 0.3 is 0 Å². The van der Waals surface area contributed by atoms with Gasteiger partial charge in [0, 0.05) is 7.05 Å². The molecule has 0 aromatic carbocycles. The summed E-state index contributed by atoms with van der Waals surface area (Å²) in [6.07, 6.45) is 3.44. The minimum Gasteiger partial charge on any atom is -0.384 e. The molecular formula is C5H8ClN3. The zero-order valence-electron chi connectivity index (χ0n) is 5.06. The van der Waals surface area contributed by atoms with Crippen LogP contribution in [0.15, 0.2) is 23.1 Å². The van der Waals surface area contributed by atoms with Crippen molar-refractivity contribution in [3.63, 3.8) is 0 Å². The van der Waals surface area contributed by atoms with E-state index >= 15 is 0 Å². The lowest BCUT2D eigenvalue weighted by Crippen LogP contribution is -2.36. The van der Waals surface area contributed by atoms with Crippen LogP contribution in [0.1, 0.15) is 0 Å². The van der Waals surface area contributed by atoms with Gasteiger partial charge in [0.05, 0.1) is 0 Å². The Morgan fingerprint density at radius 3 is 2.78 bits per heavy atom. The summed E-state index contributed by atoms with van der Waals surface area (Å²) in [5, 5.41) is 2.22. The lowest BCUT2D eigenvalue weighted by atomic mass is 10.5. The molecule has 0 saturated carbocycles. The van der Waals surface area contributed by atoms with E-state index in [-0.39, 0.29) is 0 Å². The number of hydrogen-bond acceptors (Lipinski definition) is 3. The number of hydrazine groups is 1. The van der Waals surface area contributed by atoms with Crippen LogP contribution in [-0.4, -0.2) is 12.1 Å². The van der Waals surface area contributed by atoms with Crippen LogP contribution in [0, 0.1) is 0 Å². The zero-order valence-corrected chi connectivity index (χ0v) is 5.81. The highest BCUT2D eigenvalue weighted by Gasteiger charge is 2.03. The summed E-state index contributed by atoms with van der Waals surface area (Å²) in [5.74, 6) is 0.652. The summed E-state index contributed by atoms with van der Waals surface area (Å²) in [6.45, 7) is 0. The first-order chi connectivity index (χ1) is 4.20. The normalized spacial score (nSPS) is 18.2. The molecule has 50 valence electrons. The van der Waals surface area contributed by atoms with Crippen LogP contribution < -0.4 is 11.2 Å². The summed E-state index contributed by atoms with van der Waals surface area (Å²) in [7, 11) is 1.79. The highest BCUT2D eigenvalue weighted by Crippen LogP contribution is 2.05. The standard InChI is InChI=1S/C5H8ClN3/c1-9-5(7)3-2-4(6)8-9/h2-3,8H,7H2,1H3. The van der Waals surface area contributed by atoms with Crippen molar-refractivity contribution in [1.82, 2.24) is 10.4 Å². The van der Waals surface area contributed by atoms with Crippen molar-refractivity contribution in [2.24, 2.45) is 5.73 Å². The molecule has 0 spiro atoms. The maximum Gasteiger partial charge on any atom is 0.121 e. The highest BCUT2D eigenvalue weighted by molar-refractivity contribution is 6.29. The van der Waals surface area contributed by atoms with Crippen LogP contribution in [0.2, 0.25) is 0 Å². The Labute approximate surface area is 58.7 Å². The molecule has 9 heavy (non-hydrogen) atoms. The van der Waals surface area contributed by atoms with Gasteiger partial charge in [-0.15, -0.1) is 0 Å². The number of nitrogens with two attached hydrogens (primary N) is 1. The highest BCUT2D eigenvalue weighted by atomic mass is 35.5. The van der Waals surface area contributed by atoms with Gasteiger partial charge in [-0.3, -0.25) is 10.4 Å². The second kappa shape index (κ2) is 2.19. The van der Waals surface area contributed by atoms with Gasteiger partial charge in [0.2, 0.25) is 0 Å². The molecule has 0 fully saturated rings. The van der Waals surface area contributed by atoms with Crippen LogP contribution in [-0.2, 0) is 0 Å². The second-order valence-corrected chi connectivity index (χ2v) is 2.18. The minimum atomic E-state index is 0.576. The fraction of sp³-hybridized carbons (Fsp3) is 0.200. The average Bonchev–Trinajstić information content (AvgIpc) is 1.80. The Morgan fingerprint density at radius 1 is 1.67 bits per heavy atom. The summed E-state index contributed by atoms with van der Waals surface area (Å²) in [6, 6.07) is 0. The Hall–Kier alpha value is -0.830. The molecule has 0 unspecified atom stereocenters. The van der Waals surface area contributed by atoms with Gasteiger partial charge in [0.1, 0.15) is 11.0 Å². The van der Waals surface area contributed by atoms with E-state index in [0.717, 1.165) is 0 Å². The van der Waals surface area contributed by atoms with Crippen molar-refractivity contribution in [3.05, 3.63) is 23.1 Å². The molecule has 4 heteroatoms. The van der Waals surface area contributed by atoms with Crippen molar-refractivity contribution >= 4 is 11.6 Å². The Balaban J connectivity index is 2.74. The summed E-state index contributed by atoms with van der Waals surface area (Å²) in [4.78, 5) is 0. The van der Waals surface area contributed by atoms with E-state index in [1.807, 2.05) is 0 Å². The fourth-order valence-corrected chi connectivity index (χ4v) is 0.722. The van der Waals surface area contributed by atoms with Crippen LogP contribution >= 0.6 is 11.6 Å². The lowest BCUT2D eigenvalue weighted by Gasteiger charge is -2.23. The van der Waals surface area contributed by atoms with Gasteiger partial charge in [0.15, 0.2) is 0 Å². The van der Waals surface area contributed by atoms with Gasteiger partial charge < -0.3 is 5.73 Å². The van der Waals surface area contributed by atoms with Gasteiger partial charge in [-0.25, -0.2) is 0 Å². The third-order valence-corrected chi connectivity index (χ3v) is 1.27. The Bertz CT molecular complexity index is 173. The smallest absolute Gasteiger partial charge is 0.121 e. The topological polar surface area (TPSA) is 41.3 Å². The number of nitrogens with zero attached hydrogens (tertiary/aromatic N) is 1. The summed E-state index contributed by atoms with van der Waals surface area (Å²) in [5.41, 5.74) is 8.26. The molecule has 0 aromatic rings. The Kier molecular flexibility index (Phi) is 1.53. The van der Waals surface area contributed by atoms with Crippen LogP contribution in [0.3, 0.4) is 0 Å². The van der Waals surface area contributed by atoms with E-state index in [0.29, 0.717) is 11.0 Å². The summed E-state index contributed by atoms with van der Waals surface area (Å²) >= 11 is 5.58. The molecule has 0 aliphatic carbocycles. The van der Waals surface area contributed by atoms with Crippen molar-refractivity contribution in [3.8, 4) is 0 Å². The quantitative estimate of drug-likeness (QED) is 0.483. The molecule has 1 rings (SSSR count). The monoisotopic (exact) mass is 145 g/mol. The van der Waals surface area contributed by atoms with E-state index in [2.05, 4.69) is 5.43 Å². The fourth-order valence-electron chi connectivity index (χ4n) is 0.532. The maximum atomic E-state index is 5.58. The molecular weight excluding hydrogens is 138 g/mol. The first-order valence-corrected chi connectivity index (χ1v) is 2.91. The number of allylic oxidation sites excluding steroid dienone is 2. The van der Waals surface area contributed by atoms with Gasteiger partial charge in [-0.05, 0) is 12.2 Å². The van der Waals surface area contributed by atoms with E-state index in [1.54, 1.807) is 24.2 Å². The average molecular weight is 146 g/mol. The largest absolute Gasteiger partial charge is 0.384 e. The van der Waals surface area contributed by atoms with Gasteiger partial charge in [-0.2, -0.15) is 0 Å². The number of nitrogens with one attached hydrogen (secondary N) is 1. The number of halogens is 1. The molecule has 0 bridgehead atoms. The summed E-state index contributed by atoms with van der Waals surface area (Å²) < 4.78 is 0. The molecule has 0 radical (unpaired) electrons. The van der Waals surface area contributed by atoms with Crippen molar-refractivity contribution in [2.75, 3.05) is 7.05 Å². The maximum absolute atomic E-state index is 5.58. The van der Waals surface area contributed by atoms with Crippen LogP contribution in [0.5, 0.6) is 0 Å². The molecule has 0 saturated heterocycles. The molecule has 0 atom stereocenters. The van der Waals surface area contributed by atoms with Crippen molar-refractivity contribution in [2.45, 2.75) is 0 Å². The third kappa shape index (κ3) is 1.29. The predicted octanol–water partition coefficient (Wildman–Crippen LogP) is 0.317. The molecule has 0 amide bonds. The lowest BCUT2D eigenvalue weighted by molar-refractivity contribution is 0.338. The SMILES string of the molecule is CN1NC(Cl)=CC=C1N. The van der Waals surface area contributed by atoms with E-state index in [1.165, 1.54) is 0 Å². The van der Waals surface area contributed by atoms with E-state index < -0.39 is 0 Å². The van der Waals surface area contributed by atoms with E-state index in [4.69, 9.17) is 17.3 Å². The molecule has 1 heterocycles. The molecule has 3 N–H and O–H groups in total. The zero-order chi connectivity index (χ0) is 6.85. The van der Waals surface area contributed by atoms with Crippen molar-refractivity contribution in [1.29, 1.82) is 0 Å². The molecule has 1 aliphatic rings. The minimum absolute atomic E-state index is 0.576.